The second-order valence-electron chi connectivity index (χ2n) is 3.52. The SMILES string of the molecule is Cc1ccc(C#N)c(=O)n1Cc1ccsc1. The Hall–Kier alpha value is -1.86. The highest BCUT2D eigenvalue weighted by molar-refractivity contribution is 7.07. The van der Waals surface area contributed by atoms with Gasteiger partial charge in [-0.05, 0) is 41.4 Å². The number of nitriles is 1. The molecule has 0 bridgehead atoms. The van der Waals surface area contributed by atoms with Crippen molar-refractivity contribution < 1.29 is 0 Å². The van der Waals surface area contributed by atoms with Crippen LogP contribution in [0.4, 0.5) is 0 Å². The Kier molecular flexibility index (Phi) is 2.88. The summed E-state index contributed by atoms with van der Waals surface area (Å²) in [4.78, 5) is 11.9. The van der Waals surface area contributed by atoms with Crippen LogP contribution in [0.25, 0.3) is 0 Å². The molecular formula is C12H10N2OS. The lowest BCUT2D eigenvalue weighted by atomic mass is 10.2. The van der Waals surface area contributed by atoms with E-state index in [0.29, 0.717) is 6.54 Å². The predicted octanol–water partition coefficient (Wildman–Crippen LogP) is 2.14. The monoisotopic (exact) mass is 230 g/mol. The van der Waals surface area contributed by atoms with Gasteiger partial charge in [0, 0.05) is 5.69 Å². The van der Waals surface area contributed by atoms with Crippen LogP contribution in [0.1, 0.15) is 16.8 Å². The molecule has 0 saturated heterocycles. The Morgan fingerprint density at radius 3 is 2.88 bits per heavy atom. The number of pyridine rings is 1. The standard InChI is InChI=1S/C12H10N2OS/c1-9-2-3-11(6-13)12(15)14(9)7-10-4-5-16-8-10/h2-5,8H,7H2,1H3. The summed E-state index contributed by atoms with van der Waals surface area (Å²) in [5, 5.41) is 12.8. The van der Waals surface area contributed by atoms with E-state index in [1.54, 1.807) is 28.0 Å². The molecule has 0 fully saturated rings. The van der Waals surface area contributed by atoms with Crippen LogP contribution in [-0.4, -0.2) is 4.57 Å². The van der Waals surface area contributed by atoms with Crippen molar-refractivity contribution in [1.29, 1.82) is 5.26 Å². The van der Waals surface area contributed by atoms with Gasteiger partial charge in [0.2, 0.25) is 0 Å². The summed E-state index contributed by atoms with van der Waals surface area (Å²) in [7, 11) is 0. The van der Waals surface area contributed by atoms with Crippen LogP contribution in [-0.2, 0) is 6.54 Å². The third kappa shape index (κ3) is 1.90. The lowest BCUT2D eigenvalue weighted by Crippen LogP contribution is -2.24. The molecule has 16 heavy (non-hydrogen) atoms. The fraction of sp³-hybridized carbons (Fsp3) is 0.167. The second-order valence-corrected chi connectivity index (χ2v) is 4.30. The molecule has 4 heteroatoms. The lowest BCUT2D eigenvalue weighted by molar-refractivity contribution is 0.729. The smallest absolute Gasteiger partial charge is 0.268 e. The quantitative estimate of drug-likeness (QED) is 0.793. The third-order valence-electron chi connectivity index (χ3n) is 2.43. The van der Waals surface area contributed by atoms with E-state index in [1.807, 2.05) is 29.8 Å². The summed E-state index contributed by atoms with van der Waals surface area (Å²) in [5.74, 6) is 0. The summed E-state index contributed by atoms with van der Waals surface area (Å²) in [6.07, 6.45) is 0. The molecule has 2 rings (SSSR count). The number of aryl methyl sites for hydroxylation is 1. The molecular weight excluding hydrogens is 220 g/mol. The molecule has 0 aliphatic heterocycles. The van der Waals surface area contributed by atoms with E-state index in [2.05, 4.69) is 0 Å². The number of hydrogen-bond donors (Lipinski definition) is 0. The van der Waals surface area contributed by atoms with Crippen molar-refractivity contribution in [1.82, 2.24) is 4.57 Å². The molecule has 0 saturated carbocycles. The van der Waals surface area contributed by atoms with Gasteiger partial charge in [0.15, 0.2) is 0 Å². The molecule has 0 aromatic carbocycles. The average molecular weight is 230 g/mol. The summed E-state index contributed by atoms with van der Waals surface area (Å²) in [6.45, 7) is 2.40. The van der Waals surface area contributed by atoms with Crippen molar-refractivity contribution in [2.45, 2.75) is 13.5 Å². The topological polar surface area (TPSA) is 45.8 Å². The van der Waals surface area contributed by atoms with E-state index in [0.717, 1.165) is 11.3 Å². The van der Waals surface area contributed by atoms with Crippen molar-refractivity contribution in [2.24, 2.45) is 0 Å². The molecule has 0 N–H and O–H groups in total. The molecule has 0 aliphatic carbocycles. The van der Waals surface area contributed by atoms with Crippen molar-refractivity contribution >= 4 is 11.3 Å². The number of hydrogen-bond acceptors (Lipinski definition) is 3. The molecule has 0 spiro atoms. The maximum atomic E-state index is 11.9. The van der Waals surface area contributed by atoms with Gasteiger partial charge >= 0.3 is 0 Å². The van der Waals surface area contributed by atoms with Gasteiger partial charge in [0.05, 0.1) is 6.54 Å². The third-order valence-corrected chi connectivity index (χ3v) is 3.17. The maximum Gasteiger partial charge on any atom is 0.268 e. The van der Waals surface area contributed by atoms with Gasteiger partial charge in [-0.1, -0.05) is 0 Å². The molecule has 0 atom stereocenters. The van der Waals surface area contributed by atoms with Crippen molar-refractivity contribution in [3.8, 4) is 6.07 Å². The maximum absolute atomic E-state index is 11.9. The molecule has 3 nitrogen and oxygen atoms in total. The van der Waals surface area contributed by atoms with Gasteiger partial charge in [0.25, 0.3) is 5.56 Å². The Morgan fingerprint density at radius 2 is 2.25 bits per heavy atom. The highest BCUT2D eigenvalue weighted by atomic mass is 32.1. The van der Waals surface area contributed by atoms with E-state index in [-0.39, 0.29) is 11.1 Å². The fourth-order valence-electron chi connectivity index (χ4n) is 1.52. The molecule has 0 unspecified atom stereocenters. The number of rotatable bonds is 2. The van der Waals surface area contributed by atoms with E-state index in [1.165, 1.54) is 0 Å². The molecule has 0 aliphatic rings. The van der Waals surface area contributed by atoms with Gasteiger partial charge < -0.3 is 4.57 Å². The number of aromatic nitrogens is 1. The average Bonchev–Trinajstić information content (AvgIpc) is 2.77. The summed E-state index contributed by atoms with van der Waals surface area (Å²) in [6, 6.07) is 7.26. The highest BCUT2D eigenvalue weighted by Crippen LogP contribution is 2.08. The summed E-state index contributed by atoms with van der Waals surface area (Å²) in [5.41, 5.74) is 1.94. The zero-order chi connectivity index (χ0) is 11.5. The minimum Gasteiger partial charge on any atom is -0.307 e. The number of thiophene rings is 1. The Bertz CT molecular complexity index is 590. The van der Waals surface area contributed by atoms with Crippen LogP contribution in [0.2, 0.25) is 0 Å². The van der Waals surface area contributed by atoms with Crippen molar-refractivity contribution in [3.63, 3.8) is 0 Å². The normalized spacial score (nSPS) is 10.0. The van der Waals surface area contributed by atoms with Gasteiger partial charge in [-0.15, -0.1) is 0 Å². The number of nitrogens with zero attached hydrogens (tertiary/aromatic N) is 2. The Labute approximate surface area is 97.2 Å². The van der Waals surface area contributed by atoms with Crippen molar-refractivity contribution in [3.05, 3.63) is 56.1 Å². The first kappa shape index (κ1) is 10.7. The Balaban J connectivity index is 2.49. The molecule has 2 heterocycles. The van der Waals surface area contributed by atoms with E-state index < -0.39 is 0 Å². The lowest BCUT2D eigenvalue weighted by Gasteiger charge is -2.08. The van der Waals surface area contributed by atoms with E-state index in [9.17, 15) is 4.79 Å². The molecule has 2 aromatic rings. The first-order valence-electron chi connectivity index (χ1n) is 4.84. The minimum absolute atomic E-state index is 0.195. The van der Waals surface area contributed by atoms with Crippen molar-refractivity contribution in [2.75, 3.05) is 0 Å². The zero-order valence-electron chi connectivity index (χ0n) is 8.80. The molecule has 0 radical (unpaired) electrons. The van der Waals surface area contributed by atoms with Crippen LogP contribution >= 0.6 is 11.3 Å². The van der Waals surface area contributed by atoms with Crippen LogP contribution < -0.4 is 5.56 Å². The highest BCUT2D eigenvalue weighted by Gasteiger charge is 2.06. The predicted molar refractivity (Wildman–Crippen MR) is 63.6 cm³/mol. The largest absolute Gasteiger partial charge is 0.307 e. The van der Waals surface area contributed by atoms with E-state index >= 15 is 0 Å². The van der Waals surface area contributed by atoms with Crippen LogP contribution in [0, 0.1) is 18.3 Å². The molecule has 80 valence electrons. The summed E-state index contributed by atoms with van der Waals surface area (Å²) < 4.78 is 1.63. The van der Waals surface area contributed by atoms with Gasteiger partial charge in [-0.2, -0.15) is 16.6 Å². The first-order chi connectivity index (χ1) is 7.72. The van der Waals surface area contributed by atoms with Crippen LogP contribution in [0.3, 0.4) is 0 Å². The zero-order valence-corrected chi connectivity index (χ0v) is 9.62. The first-order valence-corrected chi connectivity index (χ1v) is 5.78. The summed E-state index contributed by atoms with van der Waals surface area (Å²) >= 11 is 1.60. The minimum atomic E-state index is -0.214. The van der Waals surface area contributed by atoms with Gasteiger partial charge in [-0.25, -0.2) is 0 Å². The Morgan fingerprint density at radius 1 is 1.44 bits per heavy atom. The van der Waals surface area contributed by atoms with Gasteiger partial charge in [-0.3, -0.25) is 4.79 Å². The van der Waals surface area contributed by atoms with E-state index in [4.69, 9.17) is 5.26 Å². The molecule has 2 aromatic heterocycles. The second kappa shape index (κ2) is 4.33. The van der Waals surface area contributed by atoms with Gasteiger partial charge in [0.1, 0.15) is 11.6 Å². The fourth-order valence-corrected chi connectivity index (χ4v) is 2.18. The van der Waals surface area contributed by atoms with Crippen LogP contribution in [0.15, 0.2) is 33.8 Å². The van der Waals surface area contributed by atoms with Crippen LogP contribution in [0.5, 0.6) is 0 Å². The molecule has 0 amide bonds.